The van der Waals surface area contributed by atoms with Crippen LogP contribution in [0.5, 0.6) is 0 Å². The van der Waals surface area contributed by atoms with E-state index in [9.17, 15) is 18.0 Å². The molecular weight excluding hydrogens is 511 g/mol. The standard InChI is InChI=1S/C24H32Cl2N4O4S/c1-6-17(2)27-24(32)18(3)29(15-19-12-13-20(25)14-22(19)26)23(31)16-30(35(33,34)28(4)5)21-10-8-7-9-11-21/h7-14,17-18H,6,15-16H2,1-5H3,(H,27,32)/t17-,18+/m1/s1. The fourth-order valence-electron chi connectivity index (χ4n) is 3.19. The first kappa shape index (κ1) is 28.9. The van der Waals surface area contributed by atoms with Gasteiger partial charge in [0.1, 0.15) is 12.6 Å². The summed E-state index contributed by atoms with van der Waals surface area (Å²) in [7, 11) is -1.22. The minimum atomic E-state index is -4.00. The lowest BCUT2D eigenvalue weighted by Gasteiger charge is -2.33. The Morgan fingerprint density at radius 1 is 1.03 bits per heavy atom. The molecule has 0 spiro atoms. The van der Waals surface area contributed by atoms with E-state index in [0.717, 1.165) is 15.0 Å². The molecule has 1 N–H and O–H groups in total. The predicted octanol–water partition coefficient (Wildman–Crippen LogP) is 3.94. The molecule has 0 unspecified atom stereocenters. The average Bonchev–Trinajstić information content (AvgIpc) is 2.81. The number of amides is 2. The van der Waals surface area contributed by atoms with E-state index >= 15 is 0 Å². The number of hydrogen-bond acceptors (Lipinski definition) is 4. The summed E-state index contributed by atoms with van der Waals surface area (Å²) in [6.45, 7) is 4.90. The van der Waals surface area contributed by atoms with Crippen molar-refractivity contribution in [2.75, 3.05) is 24.9 Å². The minimum Gasteiger partial charge on any atom is -0.352 e. The number of halogens is 2. The highest BCUT2D eigenvalue weighted by molar-refractivity contribution is 7.90. The topological polar surface area (TPSA) is 90.0 Å². The summed E-state index contributed by atoms with van der Waals surface area (Å²) in [4.78, 5) is 27.9. The number of hydrogen-bond donors (Lipinski definition) is 1. The van der Waals surface area contributed by atoms with Gasteiger partial charge in [0, 0.05) is 36.7 Å². The lowest BCUT2D eigenvalue weighted by molar-refractivity contribution is -0.139. The first-order valence-electron chi connectivity index (χ1n) is 11.2. The highest BCUT2D eigenvalue weighted by Crippen LogP contribution is 2.24. The first-order valence-corrected chi connectivity index (χ1v) is 13.3. The lowest BCUT2D eigenvalue weighted by Crippen LogP contribution is -2.53. The van der Waals surface area contributed by atoms with Crippen molar-refractivity contribution in [3.8, 4) is 0 Å². The van der Waals surface area contributed by atoms with Crippen LogP contribution in [-0.2, 0) is 26.3 Å². The lowest BCUT2D eigenvalue weighted by atomic mass is 10.1. The van der Waals surface area contributed by atoms with Gasteiger partial charge < -0.3 is 10.2 Å². The fourth-order valence-corrected chi connectivity index (χ4v) is 4.72. The van der Waals surface area contributed by atoms with Crippen molar-refractivity contribution < 1.29 is 18.0 Å². The quantitative estimate of drug-likeness (QED) is 0.465. The maximum Gasteiger partial charge on any atom is 0.304 e. The third kappa shape index (κ3) is 7.57. The number of nitrogens with one attached hydrogen (secondary N) is 1. The molecule has 8 nitrogen and oxygen atoms in total. The predicted molar refractivity (Wildman–Crippen MR) is 141 cm³/mol. The normalized spacial score (nSPS) is 13.3. The number of carbonyl (C=O) groups excluding carboxylic acids is 2. The van der Waals surface area contributed by atoms with Crippen LogP contribution in [-0.4, -0.2) is 62.2 Å². The Labute approximate surface area is 218 Å². The zero-order valence-electron chi connectivity index (χ0n) is 20.5. The molecule has 0 saturated carbocycles. The Bertz CT molecular complexity index is 1130. The van der Waals surface area contributed by atoms with Gasteiger partial charge in [0.15, 0.2) is 0 Å². The van der Waals surface area contributed by atoms with Crippen LogP contribution in [0.15, 0.2) is 48.5 Å². The Hall–Kier alpha value is -2.33. The molecule has 2 atom stereocenters. The monoisotopic (exact) mass is 542 g/mol. The van der Waals surface area contributed by atoms with E-state index in [2.05, 4.69) is 5.32 Å². The molecular formula is C24H32Cl2N4O4S. The van der Waals surface area contributed by atoms with Crippen molar-refractivity contribution in [3.63, 3.8) is 0 Å². The zero-order chi connectivity index (χ0) is 26.3. The number of nitrogens with zero attached hydrogens (tertiary/aromatic N) is 3. The molecule has 2 aromatic rings. The van der Waals surface area contributed by atoms with Crippen molar-refractivity contribution >= 4 is 50.9 Å². The maximum atomic E-state index is 13.6. The van der Waals surface area contributed by atoms with E-state index < -0.39 is 28.7 Å². The van der Waals surface area contributed by atoms with Gasteiger partial charge in [-0.3, -0.25) is 9.59 Å². The third-order valence-electron chi connectivity index (χ3n) is 5.59. The van der Waals surface area contributed by atoms with Gasteiger partial charge >= 0.3 is 10.2 Å². The molecule has 192 valence electrons. The van der Waals surface area contributed by atoms with Crippen LogP contribution in [0.3, 0.4) is 0 Å². The summed E-state index contributed by atoms with van der Waals surface area (Å²) in [6, 6.07) is 12.2. The summed E-state index contributed by atoms with van der Waals surface area (Å²) in [5, 5.41) is 3.66. The van der Waals surface area contributed by atoms with Crippen LogP contribution >= 0.6 is 23.2 Å². The molecule has 0 saturated heterocycles. The SMILES string of the molecule is CC[C@@H](C)NC(=O)[C@H](C)N(Cc1ccc(Cl)cc1Cl)C(=O)CN(c1ccccc1)S(=O)(=O)N(C)C. The molecule has 11 heteroatoms. The molecule has 2 aromatic carbocycles. The van der Waals surface area contributed by atoms with Crippen LogP contribution in [0.2, 0.25) is 10.0 Å². The van der Waals surface area contributed by atoms with E-state index in [4.69, 9.17) is 23.2 Å². The highest BCUT2D eigenvalue weighted by Gasteiger charge is 2.33. The summed E-state index contributed by atoms with van der Waals surface area (Å²) in [6.07, 6.45) is 0.721. The van der Waals surface area contributed by atoms with E-state index in [-0.39, 0.29) is 18.5 Å². The third-order valence-corrected chi connectivity index (χ3v) is 7.99. The summed E-state index contributed by atoms with van der Waals surface area (Å²) in [5.41, 5.74) is 0.907. The number of benzene rings is 2. The fraction of sp³-hybridized carbons (Fsp3) is 0.417. The Kier molecular flexibility index (Phi) is 10.4. The Balaban J connectivity index is 2.46. The summed E-state index contributed by atoms with van der Waals surface area (Å²) < 4.78 is 28.2. The molecule has 2 rings (SSSR count). The Morgan fingerprint density at radius 3 is 2.20 bits per heavy atom. The highest BCUT2D eigenvalue weighted by atomic mass is 35.5. The van der Waals surface area contributed by atoms with E-state index in [1.165, 1.54) is 19.0 Å². The van der Waals surface area contributed by atoms with Crippen molar-refractivity contribution in [3.05, 3.63) is 64.1 Å². The van der Waals surface area contributed by atoms with Gasteiger partial charge in [-0.25, -0.2) is 4.31 Å². The smallest absolute Gasteiger partial charge is 0.304 e. The minimum absolute atomic E-state index is 0.00539. The maximum absolute atomic E-state index is 13.6. The zero-order valence-corrected chi connectivity index (χ0v) is 22.9. The average molecular weight is 544 g/mol. The van der Waals surface area contributed by atoms with E-state index in [1.807, 2.05) is 13.8 Å². The second kappa shape index (κ2) is 12.6. The van der Waals surface area contributed by atoms with Gasteiger partial charge in [0.25, 0.3) is 0 Å². The molecule has 0 heterocycles. The molecule has 0 aliphatic heterocycles. The van der Waals surface area contributed by atoms with Crippen molar-refractivity contribution in [2.24, 2.45) is 0 Å². The van der Waals surface area contributed by atoms with Crippen molar-refractivity contribution in [1.82, 2.24) is 14.5 Å². The largest absolute Gasteiger partial charge is 0.352 e. The number of carbonyl (C=O) groups is 2. The van der Waals surface area contributed by atoms with E-state index in [0.29, 0.717) is 21.3 Å². The molecule has 0 fully saturated rings. The molecule has 0 radical (unpaired) electrons. The van der Waals surface area contributed by atoms with Crippen LogP contribution in [0.1, 0.15) is 32.8 Å². The van der Waals surface area contributed by atoms with Gasteiger partial charge in [-0.15, -0.1) is 0 Å². The Morgan fingerprint density at radius 2 is 1.66 bits per heavy atom. The van der Waals surface area contributed by atoms with E-state index in [1.54, 1.807) is 55.5 Å². The molecule has 2 amide bonds. The van der Waals surface area contributed by atoms with Gasteiger partial charge in [-0.05, 0) is 50.1 Å². The van der Waals surface area contributed by atoms with Crippen molar-refractivity contribution in [1.29, 1.82) is 0 Å². The second-order valence-corrected chi connectivity index (χ2v) is 11.3. The second-order valence-electron chi connectivity index (χ2n) is 8.38. The van der Waals surface area contributed by atoms with Crippen LogP contribution in [0, 0.1) is 0 Å². The van der Waals surface area contributed by atoms with Crippen molar-refractivity contribution in [2.45, 2.75) is 45.8 Å². The number of rotatable bonds is 11. The number of anilines is 1. The summed E-state index contributed by atoms with van der Waals surface area (Å²) in [5.74, 6) is -0.906. The van der Waals surface area contributed by atoms with Crippen LogP contribution < -0.4 is 9.62 Å². The summed E-state index contributed by atoms with van der Waals surface area (Å²) >= 11 is 12.4. The van der Waals surface area contributed by atoms with Gasteiger partial charge in [0.2, 0.25) is 11.8 Å². The van der Waals surface area contributed by atoms with Gasteiger partial charge in [-0.2, -0.15) is 12.7 Å². The molecule has 0 aliphatic carbocycles. The van der Waals surface area contributed by atoms with Gasteiger partial charge in [0.05, 0.1) is 5.69 Å². The molecule has 0 aromatic heterocycles. The molecule has 0 bridgehead atoms. The van der Waals surface area contributed by atoms with Crippen LogP contribution in [0.4, 0.5) is 5.69 Å². The van der Waals surface area contributed by atoms with Crippen LogP contribution in [0.25, 0.3) is 0 Å². The molecule has 35 heavy (non-hydrogen) atoms. The molecule has 0 aliphatic rings. The van der Waals surface area contributed by atoms with Gasteiger partial charge in [-0.1, -0.05) is 54.4 Å². The number of para-hydroxylation sites is 1. The first-order chi connectivity index (χ1) is 16.4.